The number of amides is 1. The Labute approximate surface area is 202 Å². The van der Waals surface area contributed by atoms with Crippen LogP contribution in [0.3, 0.4) is 0 Å². The second-order valence-corrected chi connectivity index (χ2v) is 9.41. The Morgan fingerprint density at radius 3 is 2.68 bits per heavy atom. The molecule has 0 saturated carbocycles. The first-order valence-electron chi connectivity index (χ1n) is 11.3. The van der Waals surface area contributed by atoms with E-state index < -0.39 is 0 Å². The van der Waals surface area contributed by atoms with Gasteiger partial charge in [0.15, 0.2) is 0 Å². The van der Waals surface area contributed by atoms with Crippen LogP contribution in [0.25, 0.3) is 22.2 Å². The maximum absolute atomic E-state index is 13.6. The van der Waals surface area contributed by atoms with E-state index in [4.69, 9.17) is 9.72 Å². The zero-order chi connectivity index (χ0) is 23.7. The monoisotopic (exact) mass is 471 g/mol. The number of likely N-dealkylation sites (N-methyl/N-ethyl adjacent to an activating group) is 1. The van der Waals surface area contributed by atoms with Crippen molar-refractivity contribution < 1.29 is 14.3 Å². The first kappa shape index (κ1) is 22.3. The molecule has 0 saturated heterocycles. The third-order valence-corrected chi connectivity index (χ3v) is 7.12. The molecule has 0 atom stereocenters. The lowest BCUT2D eigenvalue weighted by atomic mass is 10.0. The van der Waals surface area contributed by atoms with E-state index in [9.17, 15) is 9.59 Å². The second kappa shape index (κ2) is 9.37. The first-order valence-corrected chi connectivity index (χ1v) is 12.1. The predicted molar refractivity (Wildman–Crippen MR) is 135 cm³/mol. The Bertz CT molecular complexity index is 1380. The molecule has 2 aromatic carbocycles. The summed E-state index contributed by atoms with van der Waals surface area (Å²) in [4.78, 5) is 34.6. The van der Waals surface area contributed by atoms with Crippen LogP contribution in [0.1, 0.15) is 38.1 Å². The molecule has 0 spiro atoms. The van der Waals surface area contributed by atoms with Gasteiger partial charge in [-0.2, -0.15) is 0 Å². The zero-order valence-electron chi connectivity index (χ0n) is 19.1. The van der Waals surface area contributed by atoms with Crippen LogP contribution < -0.4 is 5.32 Å². The maximum atomic E-state index is 13.6. The van der Waals surface area contributed by atoms with E-state index in [-0.39, 0.29) is 18.5 Å². The molecule has 2 aromatic heterocycles. The molecule has 0 aliphatic carbocycles. The number of hydrogen-bond acceptors (Lipinski definition) is 6. The van der Waals surface area contributed by atoms with Crippen molar-refractivity contribution in [3.63, 3.8) is 0 Å². The molecule has 6 nitrogen and oxygen atoms in total. The highest BCUT2D eigenvalue weighted by Gasteiger charge is 2.29. The number of rotatable bonds is 5. The Morgan fingerprint density at radius 2 is 1.88 bits per heavy atom. The van der Waals surface area contributed by atoms with Crippen molar-refractivity contribution in [2.24, 2.45) is 0 Å². The summed E-state index contributed by atoms with van der Waals surface area (Å²) in [6, 6.07) is 19.2. The molecule has 1 aliphatic rings. The number of para-hydroxylation sites is 1. The number of fused-ring (bicyclic) bond motifs is 2. The van der Waals surface area contributed by atoms with Crippen LogP contribution >= 0.6 is 11.3 Å². The minimum atomic E-state index is -0.385. The summed E-state index contributed by atoms with van der Waals surface area (Å²) in [7, 11) is 2.05. The van der Waals surface area contributed by atoms with E-state index in [1.165, 1.54) is 11.3 Å². The molecule has 1 amide bonds. The lowest BCUT2D eigenvalue weighted by Gasteiger charge is -2.22. The smallest absolute Gasteiger partial charge is 0.341 e. The van der Waals surface area contributed by atoms with Crippen molar-refractivity contribution in [1.82, 2.24) is 9.88 Å². The Hall–Kier alpha value is -3.55. The van der Waals surface area contributed by atoms with Crippen LogP contribution in [0.4, 0.5) is 5.00 Å². The van der Waals surface area contributed by atoms with Gasteiger partial charge in [-0.3, -0.25) is 4.79 Å². The molecule has 172 valence electrons. The number of ether oxygens (including phenoxy) is 1. The van der Waals surface area contributed by atoms with Crippen molar-refractivity contribution in [3.05, 3.63) is 82.2 Å². The Morgan fingerprint density at radius 1 is 1.12 bits per heavy atom. The third-order valence-electron chi connectivity index (χ3n) is 5.98. The molecule has 7 heteroatoms. The number of anilines is 1. The minimum absolute atomic E-state index is 0.270. The highest BCUT2D eigenvalue weighted by Crippen LogP contribution is 2.38. The van der Waals surface area contributed by atoms with Gasteiger partial charge in [0.2, 0.25) is 0 Å². The number of pyridine rings is 1. The second-order valence-electron chi connectivity index (χ2n) is 8.31. The SMILES string of the molecule is CCOC(=O)c1c(NC(=O)c2cc(-c3ccccc3)nc3ccccc23)sc2c1CCN(C)C2. The van der Waals surface area contributed by atoms with Gasteiger partial charge in [-0.15, -0.1) is 11.3 Å². The van der Waals surface area contributed by atoms with Crippen LogP contribution in [-0.2, 0) is 17.7 Å². The van der Waals surface area contributed by atoms with Crippen LogP contribution in [0.15, 0.2) is 60.7 Å². The largest absolute Gasteiger partial charge is 0.462 e. The van der Waals surface area contributed by atoms with E-state index >= 15 is 0 Å². The van der Waals surface area contributed by atoms with Gasteiger partial charge < -0.3 is 15.0 Å². The third kappa shape index (κ3) is 4.20. The fourth-order valence-corrected chi connectivity index (χ4v) is 5.64. The highest BCUT2D eigenvalue weighted by atomic mass is 32.1. The Kier molecular flexibility index (Phi) is 6.13. The topological polar surface area (TPSA) is 71.5 Å². The maximum Gasteiger partial charge on any atom is 0.341 e. The Balaban J connectivity index is 1.58. The van der Waals surface area contributed by atoms with Gasteiger partial charge in [0.1, 0.15) is 5.00 Å². The first-order chi connectivity index (χ1) is 16.5. The van der Waals surface area contributed by atoms with E-state index in [0.717, 1.165) is 52.1 Å². The van der Waals surface area contributed by atoms with Gasteiger partial charge in [0, 0.05) is 28.9 Å². The van der Waals surface area contributed by atoms with Gasteiger partial charge in [0.25, 0.3) is 5.91 Å². The van der Waals surface area contributed by atoms with Gasteiger partial charge in [-0.05, 0) is 38.1 Å². The summed E-state index contributed by atoms with van der Waals surface area (Å²) in [6.45, 7) is 3.68. The number of carbonyl (C=O) groups excluding carboxylic acids is 2. The van der Waals surface area contributed by atoms with Crippen LogP contribution in [0.2, 0.25) is 0 Å². The number of aromatic nitrogens is 1. The number of benzene rings is 2. The average molecular weight is 472 g/mol. The number of carbonyl (C=O) groups is 2. The van der Waals surface area contributed by atoms with Gasteiger partial charge in [-0.1, -0.05) is 48.5 Å². The number of esters is 1. The lowest BCUT2D eigenvalue weighted by Crippen LogP contribution is -2.26. The summed E-state index contributed by atoms with van der Waals surface area (Å²) >= 11 is 1.46. The highest BCUT2D eigenvalue weighted by molar-refractivity contribution is 7.17. The van der Waals surface area contributed by atoms with Crippen LogP contribution in [0, 0.1) is 0 Å². The fourth-order valence-electron chi connectivity index (χ4n) is 4.33. The van der Waals surface area contributed by atoms with Crippen molar-refractivity contribution >= 4 is 39.1 Å². The summed E-state index contributed by atoms with van der Waals surface area (Å²) in [5.41, 5.74) is 4.40. The van der Waals surface area contributed by atoms with Crippen LogP contribution in [-0.4, -0.2) is 42.0 Å². The normalized spacial score (nSPS) is 13.5. The average Bonchev–Trinajstić information content (AvgIpc) is 3.20. The van der Waals surface area contributed by atoms with Crippen molar-refractivity contribution in [2.45, 2.75) is 19.9 Å². The van der Waals surface area contributed by atoms with Gasteiger partial charge in [0.05, 0.1) is 28.9 Å². The fraction of sp³-hybridized carbons (Fsp3) is 0.222. The molecule has 0 unspecified atom stereocenters. The molecule has 5 rings (SSSR count). The zero-order valence-corrected chi connectivity index (χ0v) is 19.9. The molecule has 0 bridgehead atoms. The number of nitrogens with one attached hydrogen (secondary N) is 1. The molecular formula is C27H25N3O3S. The van der Waals surface area contributed by atoms with Gasteiger partial charge in [-0.25, -0.2) is 9.78 Å². The number of thiophene rings is 1. The van der Waals surface area contributed by atoms with Crippen molar-refractivity contribution in [3.8, 4) is 11.3 Å². The minimum Gasteiger partial charge on any atom is -0.462 e. The molecule has 34 heavy (non-hydrogen) atoms. The van der Waals surface area contributed by atoms with E-state index in [1.54, 1.807) is 6.92 Å². The van der Waals surface area contributed by atoms with Crippen molar-refractivity contribution in [1.29, 1.82) is 0 Å². The van der Waals surface area contributed by atoms with Crippen LogP contribution in [0.5, 0.6) is 0 Å². The number of nitrogens with zero attached hydrogens (tertiary/aromatic N) is 2. The molecule has 0 fully saturated rings. The quantitative estimate of drug-likeness (QED) is 0.396. The summed E-state index contributed by atoms with van der Waals surface area (Å²) < 4.78 is 5.35. The predicted octanol–water partition coefficient (Wildman–Crippen LogP) is 5.38. The molecule has 0 radical (unpaired) electrons. The van der Waals surface area contributed by atoms with E-state index in [0.29, 0.717) is 16.1 Å². The molecule has 1 aliphatic heterocycles. The lowest BCUT2D eigenvalue weighted by molar-refractivity contribution is 0.0526. The van der Waals surface area contributed by atoms with E-state index in [2.05, 4.69) is 17.3 Å². The molecule has 1 N–H and O–H groups in total. The summed E-state index contributed by atoms with van der Waals surface area (Å²) in [5, 5.41) is 4.35. The molecule has 3 heterocycles. The number of hydrogen-bond donors (Lipinski definition) is 1. The summed E-state index contributed by atoms with van der Waals surface area (Å²) in [5.74, 6) is -0.655. The van der Waals surface area contributed by atoms with Crippen molar-refractivity contribution in [2.75, 3.05) is 25.5 Å². The van der Waals surface area contributed by atoms with Gasteiger partial charge >= 0.3 is 5.97 Å². The molecule has 4 aromatic rings. The molecular weight excluding hydrogens is 446 g/mol. The standard InChI is InChI=1S/C27H25N3O3S/c1-3-33-27(32)24-19-13-14-30(2)16-23(19)34-26(24)29-25(31)20-15-22(17-9-5-4-6-10-17)28-21-12-8-7-11-18(20)21/h4-12,15H,3,13-14,16H2,1-2H3,(H,29,31). The van der Waals surface area contributed by atoms with E-state index in [1.807, 2.05) is 60.7 Å². The summed E-state index contributed by atoms with van der Waals surface area (Å²) in [6.07, 6.45) is 0.753.